The second-order valence-corrected chi connectivity index (χ2v) is 11.5. The first-order chi connectivity index (χ1) is 15.8. The van der Waals surface area contributed by atoms with E-state index in [2.05, 4.69) is 0 Å². The van der Waals surface area contributed by atoms with Crippen molar-refractivity contribution in [1.82, 2.24) is 0 Å². The predicted molar refractivity (Wildman–Crippen MR) is 130 cm³/mol. The molecule has 0 aliphatic carbocycles. The molecule has 196 valence electrons. The van der Waals surface area contributed by atoms with E-state index in [0.29, 0.717) is 5.56 Å². The number of hydrogen-bond acceptors (Lipinski definition) is 8. The zero-order valence-corrected chi connectivity index (χ0v) is 22.0. The monoisotopic (exact) mass is 493 g/mol. The molecule has 3 N–H and O–H groups in total. The van der Waals surface area contributed by atoms with Gasteiger partial charge in [0.15, 0.2) is 11.5 Å². The van der Waals surface area contributed by atoms with Crippen LogP contribution in [0.15, 0.2) is 18.2 Å². The second-order valence-electron chi connectivity index (χ2n) is 11.5. The van der Waals surface area contributed by atoms with Crippen LogP contribution in [0.3, 0.4) is 0 Å². The first kappa shape index (κ1) is 30.1. The Morgan fingerprint density at radius 2 is 1.40 bits per heavy atom. The fourth-order valence-corrected chi connectivity index (χ4v) is 3.45. The molecule has 1 rings (SSSR count). The summed E-state index contributed by atoms with van der Waals surface area (Å²) in [5.74, 6) is -2.78. The van der Waals surface area contributed by atoms with Gasteiger partial charge in [0.05, 0.1) is 12.8 Å². The third-order valence-electron chi connectivity index (χ3n) is 4.77. The van der Waals surface area contributed by atoms with Crippen LogP contribution in [0.2, 0.25) is 0 Å². The number of aliphatic carboxylic acids is 1. The van der Waals surface area contributed by atoms with Crippen molar-refractivity contribution < 1.29 is 38.5 Å². The molecule has 0 aliphatic heterocycles. The Hall–Kier alpha value is -2.94. The van der Waals surface area contributed by atoms with Gasteiger partial charge >= 0.3 is 23.9 Å². The standard InChI is InChI=1S/C26H39NO8/c1-16(33-17(2)28)12-26(27,23(31)32)13-18-9-10-19(34-21(29)14-24(3,4)5)20(11-18)35-22(30)15-25(6,7)8/h9-11,16H,12-15,27H2,1-8H3,(H,31,32)/t16-,26?/m0/s1. The van der Waals surface area contributed by atoms with Crippen LogP contribution < -0.4 is 15.2 Å². The van der Waals surface area contributed by atoms with Gasteiger partial charge in [0.25, 0.3) is 0 Å². The molecule has 0 aromatic heterocycles. The van der Waals surface area contributed by atoms with Gasteiger partial charge in [-0.15, -0.1) is 0 Å². The van der Waals surface area contributed by atoms with Crippen LogP contribution in [0, 0.1) is 10.8 Å². The highest BCUT2D eigenvalue weighted by molar-refractivity contribution is 5.80. The lowest BCUT2D eigenvalue weighted by Gasteiger charge is -2.28. The first-order valence-corrected chi connectivity index (χ1v) is 11.5. The minimum absolute atomic E-state index is 0.000201. The molecule has 1 unspecified atom stereocenters. The van der Waals surface area contributed by atoms with Gasteiger partial charge in [-0.1, -0.05) is 47.6 Å². The molecule has 2 atom stereocenters. The van der Waals surface area contributed by atoms with Gasteiger partial charge in [-0.05, 0) is 35.4 Å². The van der Waals surface area contributed by atoms with E-state index >= 15 is 0 Å². The fraction of sp³-hybridized carbons (Fsp3) is 0.615. The quantitative estimate of drug-likeness (QED) is 0.365. The van der Waals surface area contributed by atoms with Crippen molar-refractivity contribution in [2.75, 3.05) is 0 Å². The van der Waals surface area contributed by atoms with E-state index in [0.717, 1.165) is 0 Å². The van der Waals surface area contributed by atoms with Gasteiger partial charge in [-0.3, -0.25) is 19.2 Å². The van der Waals surface area contributed by atoms with E-state index in [9.17, 15) is 24.3 Å². The molecule has 9 nitrogen and oxygen atoms in total. The number of carboxylic acids is 1. The lowest BCUT2D eigenvalue weighted by atomic mass is 9.86. The van der Waals surface area contributed by atoms with Crippen LogP contribution in [-0.4, -0.2) is 40.6 Å². The molecule has 1 aromatic rings. The minimum Gasteiger partial charge on any atom is -0.480 e. The van der Waals surface area contributed by atoms with Crippen molar-refractivity contribution in [3.05, 3.63) is 23.8 Å². The van der Waals surface area contributed by atoms with Crippen LogP contribution in [-0.2, 0) is 30.3 Å². The van der Waals surface area contributed by atoms with Crippen molar-refractivity contribution in [3.63, 3.8) is 0 Å². The van der Waals surface area contributed by atoms with Crippen molar-refractivity contribution >= 4 is 23.9 Å². The van der Waals surface area contributed by atoms with E-state index < -0.39 is 35.5 Å². The van der Waals surface area contributed by atoms with Crippen molar-refractivity contribution in [2.24, 2.45) is 16.6 Å². The normalized spacial score (nSPS) is 14.4. The summed E-state index contributed by atoms with van der Waals surface area (Å²) in [5, 5.41) is 9.78. The predicted octanol–water partition coefficient (Wildman–Crippen LogP) is 4.04. The maximum atomic E-state index is 12.5. The molecule has 1 aromatic carbocycles. The number of hydrogen-bond donors (Lipinski definition) is 2. The Bertz CT molecular complexity index is 942. The van der Waals surface area contributed by atoms with E-state index in [1.165, 1.54) is 19.1 Å². The lowest BCUT2D eigenvalue weighted by molar-refractivity contribution is -0.151. The summed E-state index contributed by atoms with van der Waals surface area (Å²) in [7, 11) is 0. The molecular weight excluding hydrogens is 454 g/mol. The summed E-state index contributed by atoms with van der Waals surface area (Å²) in [4.78, 5) is 48.1. The smallest absolute Gasteiger partial charge is 0.324 e. The summed E-state index contributed by atoms with van der Waals surface area (Å²) in [6.07, 6.45) is -0.751. The summed E-state index contributed by atoms with van der Waals surface area (Å²) >= 11 is 0. The number of carbonyl (C=O) groups is 4. The highest BCUT2D eigenvalue weighted by atomic mass is 16.6. The van der Waals surface area contributed by atoms with E-state index in [4.69, 9.17) is 19.9 Å². The van der Waals surface area contributed by atoms with Gasteiger partial charge < -0.3 is 25.1 Å². The molecule has 0 aliphatic rings. The number of nitrogens with two attached hydrogens (primary N) is 1. The Balaban J connectivity index is 3.28. The molecule has 0 bridgehead atoms. The number of carbonyl (C=O) groups excluding carboxylic acids is 3. The topological polar surface area (TPSA) is 142 Å². The van der Waals surface area contributed by atoms with Crippen molar-refractivity contribution in [2.45, 2.75) is 92.7 Å². The maximum absolute atomic E-state index is 12.5. The molecule has 0 fully saturated rings. The van der Waals surface area contributed by atoms with Crippen LogP contribution in [0.25, 0.3) is 0 Å². The SMILES string of the molecule is CC(=O)O[C@@H](C)CC(N)(Cc1ccc(OC(=O)CC(C)(C)C)c(OC(=O)CC(C)(C)C)c1)C(=O)O. The molecule has 0 amide bonds. The molecule has 0 heterocycles. The van der Waals surface area contributed by atoms with Gasteiger partial charge in [-0.25, -0.2) is 0 Å². The molecule has 35 heavy (non-hydrogen) atoms. The molecule has 0 spiro atoms. The Kier molecular flexibility index (Phi) is 10.0. The average Bonchev–Trinajstić information content (AvgIpc) is 2.59. The van der Waals surface area contributed by atoms with Gasteiger partial charge in [0, 0.05) is 19.8 Å². The number of esters is 3. The summed E-state index contributed by atoms with van der Waals surface area (Å²) < 4.78 is 16.1. The van der Waals surface area contributed by atoms with Gasteiger partial charge in [0.1, 0.15) is 11.6 Å². The summed E-state index contributed by atoms with van der Waals surface area (Å²) in [5.41, 5.74) is 4.23. The zero-order chi connectivity index (χ0) is 27.2. The number of benzene rings is 1. The highest BCUT2D eigenvalue weighted by Gasteiger charge is 2.37. The first-order valence-electron chi connectivity index (χ1n) is 11.5. The highest BCUT2D eigenvalue weighted by Crippen LogP contribution is 2.33. The average molecular weight is 494 g/mol. The molecule has 0 saturated carbocycles. The van der Waals surface area contributed by atoms with Crippen LogP contribution >= 0.6 is 0 Å². The van der Waals surface area contributed by atoms with Gasteiger partial charge in [0.2, 0.25) is 0 Å². The lowest BCUT2D eigenvalue weighted by Crippen LogP contribution is -2.52. The molecule has 9 heteroatoms. The Labute approximate surface area is 207 Å². The molecular formula is C26H39NO8. The Morgan fingerprint density at radius 1 is 0.914 bits per heavy atom. The second kappa shape index (κ2) is 11.7. The zero-order valence-electron chi connectivity index (χ0n) is 22.0. The van der Waals surface area contributed by atoms with Crippen molar-refractivity contribution in [1.29, 1.82) is 0 Å². The number of ether oxygens (including phenoxy) is 3. The molecule has 0 radical (unpaired) electrons. The summed E-state index contributed by atoms with van der Waals surface area (Å²) in [6, 6.07) is 4.45. The molecule has 0 saturated heterocycles. The van der Waals surface area contributed by atoms with Crippen LogP contribution in [0.1, 0.15) is 80.2 Å². The number of carboxylic acid groups (broad SMARTS) is 1. The Morgan fingerprint density at radius 3 is 1.83 bits per heavy atom. The van der Waals surface area contributed by atoms with E-state index in [-0.39, 0.29) is 48.0 Å². The minimum atomic E-state index is -1.76. The summed E-state index contributed by atoms with van der Waals surface area (Å²) in [6.45, 7) is 14.1. The van der Waals surface area contributed by atoms with E-state index in [1.54, 1.807) is 13.0 Å². The number of rotatable bonds is 10. The maximum Gasteiger partial charge on any atom is 0.324 e. The van der Waals surface area contributed by atoms with E-state index in [1.807, 2.05) is 41.5 Å². The third kappa shape index (κ3) is 11.4. The van der Waals surface area contributed by atoms with Crippen LogP contribution in [0.4, 0.5) is 0 Å². The third-order valence-corrected chi connectivity index (χ3v) is 4.77. The largest absolute Gasteiger partial charge is 0.480 e. The van der Waals surface area contributed by atoms with Gasteiger partial charge in [-0.2, -0.15) is 0 Å². The van der Waals surface area contributed by atoms with Crippen molar-refractivity contribution in [3.8, 4) is 11.5 Å². The van der Waals surface area contributed by atoms with Crippen LogP contribution in [0.5, 0.6) is 11.5 Å². The fourth-order valence-electron chi connectivity index (χ4n) is 3.45.